The molecule has 20 heavy (non-hydrogen) atoms. The van der Waals surface area contributed by atoms with Crippen molar-refractivity contribution < 1.29 is 20.1 Å². The molecular formula is C14H29NO4S. The summed E-state index contributed by atoms with van der Waals surface area (Å²) in [5, 5.41) is 30.2. The molecule has 0 aliphatic carbocycles. The minimum Gasteiger partial charge on any atom is -0.394 e. The molecule has 0 radical (unpaired) electrons. The molecule has 0 saturated carbocycles. The summed E-state index contributed by atoms with van der Waals surface area (Å²) in [5.74, 6) is 0.542. The highest BCUT2D eigenvalue weighted by Gasteiger charge is 2.33. The summed E-state index contributed by atoms with van der Waals surface area (Å²) in [6.45, 7) is 6.67. The first-order valence-electron chi connectivity index (χ1n) is 7.04. The highest BCUT2D eigenvalue weighted by Crippen LogP contribution is 2.32. The molecule has 0 bridgehead atoms. The van der Waals surface area contributed by atoms with E-state index in [1.807, 2.05) is 18.7 Å². The molecule has 0 aromatic heterocycles. The van der Waals surface area contributed by atoms with Crippen LogP contribution in [0.4, 0.5) is 0 Å². The van der Waals surface area contributed by atoms with Gasteiger partial charge in [-0.15, -0.1) is 0 Å². The number of amides is 1. The van der Waals surface area contributed by atoms with Crippen LogP contribution in [0.25, 0.3) is 0 Å². The Kier molecular flexibility index (Phi) is 8.74. The van der Waals surface area contributed by atoms with Crippen LogP contribution < -0.4 is 5.32 Å². The summed E-state index contributed by atoms with van der Waals surface area (Å²) in [4.78, 5) is 12.1. The number of carbonyl (C=O) groups is 1. The summed E-state index contributed by atoms with van der Waals surface area (Å²) >= 11 is 1.83. The van der Waals surface area contributed by atoms with E-state index in [1.165, 1.54) is 0 Å². The predicted octanol–water partition coefficient (Wildman–Crippen LogP) is 0.766. The van der Waals surface area contributed by atoms with E-state index in [1.54, 1.807) is 0 Å². The normalized spacial score (nSPS) is 14.2. The lowest BCUT2D eigenvalue weighted by Crippen LogP contribution is -2.58. The van der Waals surface area contributed by atoms with E-state index in [2.05, 4.69) is 26.1 Å². The SMILES string of the molecule is CCCSC(C)(C)CC(C)C(=O)NC(CO)(CO)CO. The van der Waals surface area contributed by atoms with E-state index in [-0.39, 0.29) is 16.6 Å². The molecule has 6 heteroatoms. The maximum absolute atomic E-state index is 12.1. The molecule has 1 amide bonds. The van der Waals surface area contributed by atoms with E-state index in [4.69, 9.17) is 0 Å². The minimum atomic E-state index is -1.34. The van der Waals surface area contributed by atoms with Gasteiger partial charge in [-0.3, -0.25) is 4.79 Å². The molecule has 0 aliphatic heterocycles. The average Bonchev–Trinajstić information content (AvgIpc) is 2.42. The lowest BCUT2D eigenvalue weighted by Gasteiger charge is -2.32. The summed E-state index contributed by atoms with van der Waals surface area (Å²) in [6, 6.07) is 0. The summed E-state index contributed by atoms with van der Waals surface area (Å²) in [6.07, 6.45) is 1.79. The van der Waals surface area contributed by atoms with Crippen LogP contribution in [-0.4, -0.2) is 57.1 Å². The fraction of sp³-hybridized carbons (Fsp3) is 0.929. The molecule has 5 nitrogen and oxygen atoms in total. The van der Waals surface area contributed by atoms with Gasteiger partial charge < -0.3 is 20.6 Å². The number of aliphatic hydroxyl groups excluding tert-OH is 3. The zero-order valence-electron chi connectivity index (χ0n) is 13.0. The standard InChI is InChI=1S/C14H29NO4S/c1-5-6-20-13(3,4)7-11(2)12(19)15-14(8-16,9-17)10-18/h11,16-18H,5-10H2,1-4H3,(H,15,19). The molecule has 0 fully saturated rings. The number of aliphatic hydroxyl groups is 3. The lowest BCUT2D eigenvalue weighted by atomic mass is 9.95. The Morgan fingerprint density at radius 3 is 2.10 bits per heavy atom. The van der Waals surface area contributed by atoms with Crippen molar-refractivity contribution in [1.29, 1.82) is 0 Å². The van der Waals surface area contributed by atoms with Gasteiger partial charge in [0.2, 0.25) is 5.91 Å². The first-order valence-corrected chi connectivity index (χ1v) is 8.03. The van der Waals surface area contributed by atoms with Crippen LogP contribution in [0.5, 0.6) is 0 Å². The molecule has 0 aromatic rings. The van der Waals surface area contributed by atoms with Crippen molar-refractivity contribution >= 4 is 17.7 Å². The molecule has 0 aliphatic rings. The Morgan fingerprint density at radius 2 is 1.70 bits per heavy atom. The molecule has 1 atom stereocenters. The Labute approximate surface area is 126 Å². The number of carbonyl (C=O) groups excluding carboxylic acids is 1. The number of nitrogens with one attached hydrogen (secondary N) is 1. The zero-order chi connectivity index (χ0) is 15.8. The maximum Gasteiger partial charge on any atom is 0.223 e. The zero-order valence-corrected chi connectivity index (χ0v) is 13.8. The predicted molar refractivity (Wildman–Crippen MR) is 82.7 cm³/mol. The number of hydrogen-bond acceptors (Lipinski definition) is 5. The molecule has 1 unspecified atom stereocenters. The van der Waals surface area contributed by atoms with Gasteiger partial charge >= 0.3 is 0 Å². The van der Waals surface area contributed by atoms with Gasteiger partial charge in [0.05, 0.1) is 19.8 Å². The largest absolute Gasteiger partial charge is 0.394 e. The Morgan fingerprint density at radius 1 is 1.20 bits per heavy atom. The van der Waals surface area contributed by atoms with Gasteiger partial charge in [-0.1, -0.05) is 27.7 Å². The van der Waals surface area contributed by atoms with Gasteiger partial charge in [-0.05, 0) is 18.6 Å². The van der Waals surface area contributed by atoms with Crippen LogP contribution in [0.1, 0.15) is 40.5 Å². The van der Waals surface area contributed by atoms with Gasteiger partial charge in [0.1, 0.15) is 5.54 Å². The first kappa shape index (κ1) is 19.7. The van der Waals surface area contributed by atoms with Gasteiger partial charge in [-0.2, -0.15) is 11.8 Å². The van der Waals surface area contributed by atoms with Gasteiger partial charge in [0.25, 0.3) is 0 Å². The smallest absolute Gasteiger partial charge is 0.223 e. The van der Waals surface area contributed by atoms with Crippen molar-refractivity contribution in [3.05, 3.63) is 0 Å². The van der Waals surface area contributed by atoms with E-state index < -0.39 is 25.4 Å². The van der Waals surface area contributed by atoms with Crippen LogP contribution in [-0.2, 0) is 4.79 Å². The number of hydrogen-bond donors (Lipinski definition) is 4. The van der Waals surface area contributed by atoms with E-state index in [9.17, 15) is 20.1 Å². The Hall–Kier alpha value is -0.300. The second-order valence-corrected chi connectivity index (χ2v) is 7.76. The Balaban J connectivity index is 4.54. The van der Waals surface area contributed by atoms with Gasteiger partial charge in [0, 0.05) is 10.7 Å². The highest BCUT2D eigenvalue weighted by atomic mass is 32.2. The molecule has 0 aromatic carbocycles. The van der Waals surface area contributed by atoms with Crippen LogP contribution in [0.2, 0.25) is 0 Å². The third kappa shape index (κ3) is 6.43. The van der Waals surface area contributed by atoms with Crippen LogP contribution in [0.3, 0.4) is 0 Å². The summed E-state index contributed by atoms with van der Waals surface area (Å²) in [7, 11) is 0. The van der Waals surface area contributed by atoms with E-state index in [0.29, 0.717) is 6.42 Å². The molecular weight excluding hydrogens is 278 g/mol. The lowest BCUT2D eigenvalue weighted by molar-refractivity contribution is -0.129. The monoisotopic (exact) mass is 307 g/mol. The van der Waals surface area contributed by atoms with E-state index in [0.717, 1.165) is 12.2 Å². The number of rotatable bonds is 10. The summed E-state index contributed by atoms with van der Waals surface area (Å²) in [5.41, 5.74) is -1.34. The third-order valence-corrected chi connectivity index (χ3v) is 4.80. The highest BCUT2D eigenvalue weighted by molar-refractivity contribution is 8.00. The van der Waals surface area contributed by atoms with Crippen LogP contribution >= 0.6 is 11.8 Å². The van der Waals surface area contributed by atoms with E-state index >= 15 is 0 Å². The van der Waals surface area contributed by atoms with Crippen LogP contribution in [0.15, 0.2) is 0 Å². The molecule has 120 valence electrons. The third-order valence-electron chi connectivity index (χ3n) is 3.24. The number of thioether (sulfide) groups is 1. The second kappa shape index (κ2) is 8.87. The quantitative estimate of drug-likeness (QED) is 0.478. The van der Waals surface area contributed by atoms with Crippen molar-refractivity contribution in [3.63, 3.8) is 0 Å². The first-order chi connectivity index (χ1) is 9.25. The molecule has 4 N–H and O–H groups in total. The average molecular weight is 307 g/mol. The molecule has 0 saturated heterocycles. The molecule has 0 heterocycles. The fourth-order valence-electron chi connectivity index (χ4n) is 1.92. The van der Waals surface area contributed by atoms with Crippen molar-refractivity contribution in [2.24, 2.45) is 5.92 Å². The fourth-order valence-corrected chi connectivity index (χ4v) is 3.05. The topological polar surface area (TPSA) is 89.8 Å². The summed E-state index contributed by atoms with van der Waals surface area (Å²) < 4.78 is -0.00687. The molecule has 0 spiro atoms. The molecule has 0 rings (SSSR count). The van der Waals surface area contributed by atoms with Crippen molar-refractivity contribution in [1.82, 2.24) is 5.32 Å². The Bertz CT molecular complexity index is 285. The van der Waals surface area contributed by atoms with Crippen LogP contribution in [0, 0.1) is 5.92 Å². The van der Waals surface area contributed by atoms with Crippen molar-refractivity contribution in [2.45, 2.75) is 50.8 Å². The van der Waals surface area contributed by atoms with Gasteiger partial charge in [-0.25, -0.2) is 0 Å². The van der Waals surface area contributed by atoms with Crippen molar-refractivity contribution in [2.75, 3.05) is 25.6 Å². The minimum absolute atomic E-state index is 0.00687. The van der Waals surface area contributed by atoms with Gasteiger partial charge in [0.15, 0.2) is 0 Å². The van der Waals surface area contributed by atoms with Crippen molar-refractivity contribution in [3.8, 4) is 0 Å². The second-order valence-electron chi connectivity index (χ2n) is 5.96. The maximum atomic E-state index is 12.1.